The van der Waals surface area contributed by atoms with Crippen LogP contribution in [-0.4, -0.2) is 43.0 Å². The number of carboxylic acids is 1. The number of halogens is 1. The fourth-order valence-electron chi connectivity index (χ4n) is 2.05. The number of amides is 1. The van der Waals surface area contributed by atoms with Gasteiger partial charge in [0.05, 0.1) is 6.61 Å². The van der Waals surface area contributed by atoms with Crippen LogP contribution in [0, 0.1) is 5.82 Å². The SMILES string of the molecule is COCC(CNC(=O)OC(C)(C)C)(C(=O)O)c1ccc(F)cc1. The number of carboxylic acid groups (broad SMARTS) is 1. The Bertz CT molecular complexity index is 553. The fourth-order valence-corrected chi connectivity index (χ4v) is 2.05. The van der Waals surface area contributed by atoms with Crippen molar-refractivity contribution in [3.05, 3.63) is 35.6 Å². The summed E-state index contributed by atoms with van der Waals surface area (Å²) in [6, 6.07) is 5.05. The molecule has 0 heterocycles. The average Bonchev–Trinajstić information content (AvgIpc) is 2.42. The van der Waals surface area contributed by atoms with Crippen molar-refractivity contribution in [1.82, 2.24) is 5.32 Å². The molecule has 0 aliphatic heterocycles. The smallest absolute Gasteiger partial charge is 0.407 e. The third-order valence-electron chi connectivity index (χ3n) is 3.13. The summed E-state index contributed by atoms with van der Waals surface area (Å²) < 4.78 is 23.2. The van der Waals surface area contributed by atoms with E-state index in [0.717, 1.165) is 12.1 Å². The van der Waals surface area contributed by atoms with E-state index in [1.807, 2.05) is 0 Å². The lowest BCUT2D eigenvalue weighted by Gasteiger charge is -2.30. The van der Waals surface area contributed by atoms with E-state index >= 15 is 0 Å². The van der Waals surface area contributed by atoms with Crippen molar-refractivity contribution >= 4 is 12.1 Å². The molecule has 0 spiro atoms. The zero-order chi connectivity index (χ0) is 17.7. The van der Waals surface area contributed by atoms with Gasteiger partial charge >= 0.3 is 12.1 Å². The molecule has 0 fully saturated rings. The Morgan fingerprint density at radius 3 is 2.22 bits per heavy atom. The number of nitrogens with one attached hydrogen (secondary N) is 1. The lowest BCUT2D eigenvalue weighted by molar-refractivity contribution is -0.145. The van der Waals surface area contributed by atoms with Crippen molar-refractivity contribution in [2.24, 2.45) is 0 Å². The molecule has 1 rings (SSSR count). The van der Waals surface area contributed by atoms with Gasteiger partial charge in [-0.1, -0.05) is 12.1 Å². The van der Waals surface area contributed by atoms with E-state index in [9.17, 15) is 19.1 Å². The van der Waals surface area contributed by atoms with Crippen LogP contribution in [0.3, 0.4) is 0 Å². The third-order valence-corrected chi connectivity index (χ3v) is 3.13. The Morgan fingerprint density at radius 1 is 1.22 bits per heavy atom. The van der Waals surface area contributed by atoms with Crippen molar-refractivity contribution in [2.45, 2.75) is 31.8 Å². The Hall–Kier alpha value is -2.15. The lowest BCUT2D eigenvalue weighted by Crippen LogP contribution is -2.50. The third kappa shape index (κ3) is 5.21. The first kappa shape index (κ1) is 18.9. The Kier molecular flexibility index (Phi) is 6.09. The number of hydrogen-bond donors (Lipinski definition) is 2. The van der Waals surface area contributed by atoms with Gasteiger partial charge in [0, 0.05) is 13.7 Å². The zero-order valence-corrected chi connectivity index (χ0v) is 13.7. The van der Waals surface area contributed by atoms with Crippen LogP contribution in [0.2, 0.25) is 0 Å². The minimum absolute atomic E-state index is 0.191. The second kappa shape index (κ2) is 7.41. The maximum atomic E-state index is 13.1. The number of aliphatic carboxylic acids is 1. The molecule has 0 bridgehead atoms. The highest BCUT2D eigenvalue weighted by Crippen LogP contribution is 2.25. The predicted octanol–water partition coefficient (Wildman–Crippen LogP) is 2.32. The van der Waals surface area contributed by atoms with Gasteiger partial charge in [0.25, 0.3) is 0 Å². The normalized spacial score (nSPS) is 14.0. The van der Waals surface area contributed by atoms with Crippen molar-refractivity contribution in [2.75, 3.05) is 20.3 Å². The van der Waals surface area contributed by atoms with Gasteiger partial charge in [0.2, 0.25) is 0 Å². The number of ether oxygens (including phenoxy) is 2. The van der Waals surface area contributed by atoms with Gasteiger partial charge in [-0.05, 0) is 38.5 Å². The molecule has 1 atom stereocenters. The molecule has 23 heavy (non-hydrogen) atoms. The molecule has 128 valence electrons. The Labute approximate surface area is 134 Å². The summed E-state index contributed by atoms with van der Waals surface area (Å²) in [7, 11) is 1.36. The van der Waals surface area contributed by atoms with Crippen LogP contribution in [0.5, 0.6) is 0 Å². The summed E-state index contributed by atoms with van der Waals surface area (Å²) in [5.41, 5.74) is -1.92. The van der Waals surface area contributed by atoms with Crippen molar-refractivity contribution in [3.8, 4) is 0 Å². The molecule has 1 aromatic carbocycles. The minimum Gasteiger partial charge on any atom is -0.480 e. The van der Waals surface area contributed by atoms with E-state index in [1.54, 1.807) is 20.8 Å². The van der Waals surface area contributed by atoms with Crippen LogP contribution in [0.25, 0.3) is 0 Å². The van der Waals surface area contributed by atoms with Crippen LogP contribution >= 0.6 is 0 Å². The van der Waals surface area contributed by atoms with E-state index in [0.29, 0.717) is 5.56 Å². The maximum Gasteiger partial charge on any atom is 0.407 e. The first-order valence-electron chi connectivity index (χ1n) is 7.06. The topological polar surface area (TPSA) is 84.9 Å². The maximum absolute atomic E-state index is 13.1. The second-order valence-corrected chi connectivity index (χ2v) is 6.18. The van der Waals surface area contributed by atoms with E-state index in [4.69, 9.17) is 9.47 Å². The highest BCUT2D eigenvalue weighted by molar-refractivity contribution is 5.83. The van der Waals surface area contributed by atoms with Crippen molar-refractivity contribution in [3.63, 3.8) is 0 Å². The monoisotopic (exact) mass is 327 g/mol. The molecule has 0 aliphatic rings. The molecule has 0 saturated heterocycles. The molecule has 7 heteroatoms. The van der Waals surface area contributed by atoms with Crippen LogP contribution in [0.4, 0.5) is 9.18 Å². The summed E-state index contributed by atoms with van der Waals surface area (Å²) in [4.78, 5) is 23.6. The van der Waals surface area contributed by atoms with Crippen molar-refractivity contribution in [1.29, 1.82) is 0 Å². The summed E-state index contributed by atoms with van der Waals surface area (Å²) in [5, 5.41) is 12.1. The quantitative estimate of drug-likeness (QED) is 0.837. The summed E-state index contributed by atoms with van der Waals surface area (Å²) in [6.07, 6.45) is -0.735. The van der Waals surface area contributed by atoms with Gasteiger partial charge in [-0.2, -0.15) is 0 Å². The first-order chi connectivity index (χ1) is 10.6. The number of carbonyl (C=O) groups is 2. The summed E-state index contributed by atoms with van der Waals surface area (Å²) in [5.74, 6) is -1.67. The minimum atomic E-state index is -1.54. The van der Waals surface area contributed by atoms with Gasteiger partial charge in [-0.15, -0.1) is 0 Å². The molecule has 0 saturated carbocycles. The molecule has 1 amide bonds. The second-order valence-electron chi connectivity index (χ2n) is 6.18. The van der Waals surface area contributed by atoms with E-state index in [2.05, 4.69) is 5.32 Å². The number of alkyl carbamates (subject to hydrolysis) is 1. The predicted molar refractivity (Wildman–Crippen MR) is 81.8 cm³/mol. The standard InChI is InChI=1S/C16H22FNO5/c1-15(2,3)23-14(21)18-9-16(10-22-4,13(19)20)11-5-7-12(17)8-6-11/h5-8H,9-10H2,1-4H3,(H,18,21)(H,19,20). The van der Waals surface area contributed by atoms with E-state index < -0.39 is 28.9 Å². The van der Waals surface area contributed by atoms with E-state index in [-0.39, 0.29) is 13.2 Å². The van der Waals surface area contributed by atoms with E-state index in [1.165, 1.54) is 19.2 Å². The average molecular weight is 327 g/mol. The molecule has 0 radical (unpaired) electrons. The highest BCUT2D eigenvalue weighted by Gasteiger charge is 2.41. The highest BCUT2D eigenvalue weighted by atomic mass is 19.1. The van der Waals surface area contributed by atoms with Gasteiger partial charge in [-0.3, -0.25) is 4.79 Å². The number of carbonyl (C=O) groups excluding carboxylic acids is 1. The summed E-state index contributed by atoms with van der Waals surface area (Å²) in [6.45, 7) is 4.66. The molecule has 0 aromatic heterocycles. The molecule has 0 aliphatic carbocycles. The van der Waals surface area contributed by atoms with Crippen LogP contribution in [-0.2, 0) is 19.7 Å². The van der Waals surface area contributed by atoms with Gasteiger partial charge in [0.15, 0.2) is 0 Å². The molecule has 6 nitrogen and oxygen atoms in total. The first-order valence-corrected chi connectivity index (χ1v) is 7.06. The van der Waals surface area contributed by atoms with Crippen LogP contribution in [0.15, 0.2) is 24.3 Å². The Morgan fingerprint density at radius 2 is 1.78 bits per heavy atom. The Balaban J connectivity index is 3.03. The number of benzene rings is 1. The largest absolute Gasteiger partial charge is 0.480 e. The zero-order valence-electron chi connectivity index (χ0n) is 13.7. The molecule has 1 unspecified atom stereocenters. The molecular formula is C16H22FNO5. The molecular weight excluding hydrogens is 305 g/mol. The van der Waals surface area contributed by atoms with Gasteiger partial charge < -0.3 is 19.9 Å². The lowest BCUT2D eigenvalue weighted by atomic mass is 9.81. The number of methoxy groups -OCH3 is 1. The number of rotatable bonds is 6. The van der Waals surface area contributed by atoms with Crippen LogP contribution < -0.4 is 5.32 Å². The van der Waals surface area contributed by atoms with Gasteiger partial charge in [0.1, 0.15) is 16.8 Å². The molecule has 1 aromatic rings. The fraction of sp³-hybridized carbons (Fsp3) is 0.500. The number of hydrogen-bond acceptors (Lipinski definition) is 4. The van der Waals surface area contributed by atoms with Gasteiger partial charge in [-0.25, -0.2) is 9.18 Å². The summed E-state index contributed by atoms with van der Waals surface area (Å²) >= 11 is 0. The van der Waals surface area contributed by atoms with Crippen LogP contribution in [0.1, 0.15) is 26.3 Å². The van der Waals surface area contributed by atoms with Crippen molar-refractivity contribution < 1.29 is 28.6 Å². The molecule has 2 N–H and O–H groups in total.